The lowest BCUT2D eigenvalue weighted by Crippen LogP contribution is -1.99. The lowest BCUT2D eigenvalue weighted by Gasteiger charge is -2.11. The van der Waals surface area contributed by atoms with Gasteiger partial charge in [0.25, 0.3) is 0 Å². The van der Waals surface area contributed by atoms with Crippen molar-refractivity contribution in [1.29, 1.82) is 0 Å². The summed E-state index contributed by atoms with van der Waals surface area (Å²) in [7, 11) is 0. The second-order valence-corrected chi connectivity index (χ2v) is 4.95. The molecule has 0 atom stereocenters. The van der Waals surface area contributed by atoms with Crippen molar-refractivity contribution in [2.24, 2.45) is 0 Å². The van der Waals surface area contributed by atoms with Gasteiger partial charge in [0.15, 0.2) is 0 Å². The molecule has 0 aliphatic rings. The fourth-order valence-electron chi connectivity index (χ4n) is 2.26. The van der Waals surface area contributed by atoms with Crippen molar-refractivity contribution in [3.8, 4) is 5.75 Å². The number of hydrogen-bond donors (Lipinski definition) is 0. The molecule has 0 bridgehead atoms. The highest BCUT2D eigenvalue weighted by Gasteiger charge is 2.04. The van der Waals surface area contributed by atoms with E-state index < -0.39 is 0 Å². The Hall–Kier alpha value is -2.54. The van der Waals surface area contributed by atoms with Crippen LogP contribution in [0.2, 0.25) is 0 Å². The summed E-state index contributed by atoms with van der Waals surface area (Å²) >= 11 is 0. The predicted octanol–water partition coefficient (Wildman–Crippen LogP) is 4.66. The van der Waals surface area contributed by atoms with Gasteiger partial charge in [0.05, 0.1) is 0 Å². The quantitative estimate of drug-likeness (QED) is 0.657. The van der Waals surface area contributed by atoms with Crippen LogP contribution in [-0.2, 0) is 13.0 Å². The van der Waals surface area contributed by atoms with Crippen LogP contribution in [0.4, 0.5) is 0 Å². The van der Waals surface area contributed by atoms with Gasteiger partial charge >= 0.3 is 0 Å². The maximum atomic E-state index is 5.96. The number of ether oxygens (including phenoxy) is 1. The van der Waals surface area contributed by atoms with Crippen LogP contribution < -0.4 is 4.74 Å². The average molecular weight is 273 g/mol. The molecule has 0 heterocycles. The van der Waals surface area contributed by atoms with E-state index in [4.69, 9.17) is 4.74 Å². The molecule has 1 radical (unpaired) electrons. The van der Waals surface area contributed by atoms with Crippen LogP contribution in [0.5, 0.6) is 5.75 Å². The zero-order valence-corrected chi connectivity index (χ0v) is 11.8. The van der Waals surface area contributed by atoms with Crippen LogP contribution in [-0.4, -0.2) is 0 Å². The minimum absolute atomic E-state index is 0.584. The van der Waals surface area contributed by atoms with Gasteiger partial charge in [-0.3, -0.25) is 0 Å². The molecule has 0 saturated heterocycles. The van der Waals surface area contributed by atoms with E-state index >= 15 is 0 Å². The first-order valence-electron chi connectivity index (χ1n) is 7.12. The smallest absolute Gasteiger partial charge is 0.123 e. The van der Waals surface area contributed by atoms with E-state index in [0.717, 1.165) is 17.7 Å². The topological polar surface area (TPSA) is 9.23 Å². The summed E-state index contributed by atoms with van der Waals surface area (Å²) in [6, 6.07) is 29.8. The van der Waals surface area contributed by atoms with Crippen LogP contribution in [0.1, 0.15) is 16.7 Å². The third-order valence-electron chi connectivity index (χ3n) is 3.36. The molecule has 0 unspecified atom stereocenters. The van der Waals surface area contributed by atoms with Gasteiger partial charge in [-0.15, -0.1) is 0 Å². The number of benzene rings is 3. The monoisotopic (exact) mass is 273 g/mol. The van der Waals surface area contributed by atoms with Gasteiger partial charge in [-0.05, 0) is 23.3 Å². The van der Waals surface area contributed by atoms with Crippen molar-refractivity contribution in [3.63, 3.8) is 0 Å². The molecule has 1 heteroatoms. The molecule has 0 saturated carbocycles. The predicted molar refractivity (Wildman–Crippen MR) is 85.3 cm³/mol. The Morgan fingerprint density at radius 1 is 0.714 bits per heavy atom. The van der Waals surface area contributed by atoms with E-state index in [0.29, 0.717) is 6.61 Å². The normalized spacial score (nSPS) is 10.3. The van der Waals surface area contributed by atoms with Gasteiger partial charge in [-0.1, -0.05) is 72.8 Å². The molecule has 0 spiro atoms. The first-order valence-corrected chi connectivity index (χ1v) is 7.12. The maximum Gasteiger partial charge on any atom is 0.123 e. The van der Waals surface area contributed by atoms with E-state index in [9.17, 15) is 0 Å². The highest BCUT2D eigenvalue weighted by atomic mass is 16.5. The Morgan fingerprint density at radius 2 is 1.38 bits per heavy atom. The van der Waals surface area contributed by atoms with E-state index in [1.165, 1.54) is 11.1 Å². The first kappa shape index (κ1) is 13.4. The minimum atomic E-state index is 0.584. The van der Waals surface area contributed by atoms with Crippen LogP contribution in [0.25, 0.3) is 0 Å². The summed E-state index contributed by atoms with van der Waals surface area (Å²) in [6.07, 6.45) is 0.839. The first-order chi connectivity index (χ1) is 10.4. The van der Waals surface area contributed by atoms with Crippen molar-refractivity contribution < 1.29 is 4.74 Å². The van der Waals surface area contributed by atoms with E-state index in [1.807, 2.05) is 42.5 Å². The van der Waals surface area contributed by atoms with Crippen molar-refractivity contribution in [2.45, 2.75) is 13.0 Å². The van der Waals surface area contributed by atoms with Crippen LogP contribution >= 0.6 is 0 Å². The van der Waals surface area contributed by atoms with Crippen molar-refractivity contribution in [2.75, 3.05) is 0 Å². The largest absolute Gasteiger partial charge is 0.489 e. The van der Waals surface area contributed by atoms with Crippen LogP contribution in [0.3, 0.4) is 0 Å². The summed E-state index contributed by atoms with van der Waals surface area (Å²) in [5, 5.41) is 0. The summed E-state index contributed by atoms with van der Waals surface area (Å²) < 4.78 is 5.96. The molecular weight excluding hydrogens is 256 g/mol. The molecule has 3 rings (SSSR count). The fourth-order valence-corrected chi connectivity index (χ4v) is 2.26. The van der Waals surface area contributed by atoms with E-state index in [-0.39, 0.29) is 0 Å². The van der Waals surface area contributed by atoms with E-state index in [2.05, 4.69) is 42.5 Å². The second-order valence-electron chi connectivity index (χ2n) is 4.95. The Balaban J connectivity index is 1.73. The maximum absolute atomic E-state index is 5.96. The fraction of sp³-hybridized carbons (Fsp3) is 0.100. The molecule has 3 aromatic carbocycles. The molecule has 0 N–H and O–H groups in total. The molecule has 0 aliphatic heterocycles. The second kappa shape index (κ2) is 6.76. The van der Waals surface area contributed by atoms with Crippen molar-refractivity contribution in [3.05, 3.63) is 102 Å². The lowest BCUT2D eigenvalue weighted by atomic mass is 10.0. The lowest BCUT2D eigenvalue weighted by molar-refractivity contribution is 0.303. The average Bonchev–Trinajstić information content (AvgIpc) is 2.56. The summed E-state index contributed by atoms with van der Waals surface area (Å²) in [6.45, 7) is 0.584. The Labute approximate surface area is 125 Å². The molecule has 1 nitrogen and oxygen atoms in total. The molecule has 0 fully saturated rings. The highest BCUT2D eigenvalue weighted by Crippen LogP contribution is 2.22. The highest BCUT2D eigenvalue weighted by molar-refractivity contribution is 5.37. The molecular formula is C20H17O. The molecule has 0 amide bonds. The van der Waals surface area contributed by atoms with Gasteiger partial charge in [0, 0.05) is 12.0 Å². The van der Waals surface area contributed by atoms with Gasteiger partial charge in [0.1, 0.15) is 12.4 Å². The molecule has 103 valence electrons. The van der Waals surface area contributed by atoms with Gasteiger partial charge in [-0.25, -0.2) is 0 Å². The number of rotatable bonds is 5. The van der Waals surface area contributed by atoms with Gasteiger partial charge in [0.2, 0.25) is 0 Å². The zero-order valence-electron chi connectivity index (χ0n) is 11.8. The minimum Gasteiger partial charge on any atom is -0.489 e. The third-order valence-corrected chi connectivity index (χ3v) is 3.36. The summed E-state index contributed by atoms with van der Waals surface area (Å²) in [4.78, 5) is 0. The van der Waals surface area contributed by atoms with Crippen molar-refractivity contribution in [1.82, 2.24) is 0 Å². The molecule has 0 aliphatic carbocycles. The SMILES string of the molecule is [c]1cccc(OCc2ccccc2)c1Cc1ccccc1. The molecule has 21 heavy (non-hydrogen) atoms. The van der Waals surface area contributed by atoms with Gasteiger partial charge in [-0.2, -0.15) is 0 Å². The Kier molecular flexibility index (Phi) is 4.33. The summed E-state index contributed by atoms with van der Waals surface area (Å²) in [5.41, 5.74) is 3.54. The van der Waals surface area contributed by atoms with Gasteiger partial charge < -0.3 is 4.74 Å². The van der Waals surface area contributed by atoms with E-state index in [1.54, 1.807) is 0 Å². The Morgan fingerprint density at radius 3 is 2.10 bits per heavy atom. The van der Waals surface area contributed by atoms with Crippen LogP contribution in [0, 0.1) is 6.07 Å². The zero-order chi connectivity index (χ0) is 14.3. The van der Waals surface area contributed by atoms with Crippen molar-refractivity contribution >= 4 is 0 Å². The standard InChI is InChI=1S/C20H17O/c1-3-9-17(10-4-1)15-19-13-7-8-14-20(19)21-16-18-11-5-2-6-12-18/h1-12,14H,15-16H2. The Bertz CT molecular complexity index is 674. The summed E-state index contributed by atoms with van der Waals surface area (Å²) in [5.74, 6) is 0.908. The van der Waals surface area contributed by atoms with Crippen LogP contribution in [0.15, 0.2) is 78.9 Å². The molecule has 0 aromatic heterocycles. The molecule has 3 aromatic rings. The third kappa shape index (κ3) is 3.73. The number of hydrogen-bond acceptors (Lipinski definition) is 1.